The van der Waals surface area contributed by atoms with Crippen molar-refractivity contribution in [2.45, 2.75) is 20.5 Å². The summed E-state index contributed by atoms with van der Waals surface area (Å²) in [5.74, 6) is 1.02. The summed E-state index contributed by atoms with van der Waals surface area (Å²) in [5.41, 5.74) is 5.03. The van der Waals surface area contributed by atoms with Gasteiger partial charge in [0.2, 0.25) is 0 Å². The van der Waals surface area contributed by atoms with E-state index in [1.807, 2.05) is 61.5 Å². The maximum atomic E-state index is 12.5. The van der Waals surface area contributed by atoms with Gasteiger partial charge in [-0.15, -0.1) is 0 Å². The molecule has 1 aliphatic heterocycles. The van der Waals surface area contributed by atoms with Crippen LogP contribution in [-0.4, -0.2) is 18.2 Å². The molecule has 168 valence electrons. The van der Waals surface area contributed by atoms with E-state index in [-0.39, 0.29) is 5.91 Å². The molecule has 1 amide bonds. The fourth-order valence-electron chi connectivity index (χ4n) is 3.29. The highest BCUT2D eigenvalue weighted by molar-refractivity contribution is 9.10. The molecule has 1 fully saturated rings. The van der Waals surface area contributed by atoms with Gasteiger partial charge in [0.05, 0.1) is 22.2 Å². The number of aliphatic imine (C=N–C) groups is 1. The van der Waals surface area contributed by atoms with Gasteiger partial charge < -0.3 is 14.8 Å². The van der Waals surface area contributed by atoms with E-state index in [0.717, 1.165) is 26.9 Å². The number of carbonyl (C=O) groups is 1. The third-order valence-electron chi connectivity index (χ3n) is 4.93. The third kappa shape index (κ3) is 5.86. The van der Waals surface area contributed by atoms with E-state index in [1.165, 1.54) is 17.3 Å². The van der Waals surface area contributed by atoms with Crippen LogP contribution in [0, 0.1) is 13.8 Å². The Morgan fingerprint density at radius 3 is 2.58 bits per heavy atom. The molecule has 3 aromatic carbocycles. The molecule has 0 bridgehead atoms. The minimum Gasteiger partial charge on any atom is -0.493 e. The van der Waals surface area contributed by atoms with Crippen LogP contribution in [0.15, 0.2) is 75.0 Å². The smallest absolute Gasteiger partial charge is 0.264 e. The second-order valence-corrected chi connectivity index (χ2v) is 9.51. The number of benzene rings is 3. The number of ether oxygens (including phenoxy) is 2. The van der Waals surface area contributed by atoms with Crippen molar-refractivity contribution in [3.8, 4) is 11.5 Å². The average molecular weight is 523 g/mol. The molecule has 1 heterocycles. The number of aryl methyl sites for hydroxylation is 2. The van der Waals surface area contributed by atoms with E-state index >= 15 is 0 Å². The van der Waals surface area contributed by atoms with Gasteiger partial charge in [-0.2, -0.15) is 0 Å². The number of amidine groups is 1. The molecule has 0 aromatic heterocycles. The highest BCUT2D eigenvalue weighted by Gasteiger charge is 2.24. The van der Waals surface area contributed by atoms with E-state index in [4.69, 9.17) is 9.47 Å². The van der Waals surface area contributed by atoms with E-state index in [2.05, 4.69) is 45.3 Å². The van der Waals surface area contributed by atoms with Crippen molar-refractivity contribution in [1.29, 1.82) is 0 Å². The molecule has 0 spiro atoms. The molecule has 0 radical (unpaired) electrons. The van der Waals surface area contributed by atoms with Gasteiger partial charge in [-0.25, -0.2) is 4.99 Å². The molecule has 0 atom stereocenters. The number of rotatable bonds is 6. The van der Waals surface area contributed by atoms with Crippen molar-refractivity contribution in [3.05, 3.63) is 92.3 Å². The first-order chi connectivity index (χ1) is 15.9. The number of nitrogens with zero attached hydrogens (tertiary/aromatic N) is 1. The molecule has 1 N–H and O–H groups in total. The van der Waals surface area contributed by atoms with Gasteiger partial charge in [0.1, 0.15) is 6.61 Å². The first kappa shape index (κ1) is 23.1. The van der Waals surface area contributed by atoms with Crippen molar-refractivity contribution in [2.75, 3.05) is 7.11 Å². The lowest BCUT2D eigenvalue weighted by atomic mass is 10.1. The number of carbonyl (C=O) groups excluding carboxylic acids is 1. The van der Waals surface area contributed by atoms with Gasteiger partial charge in [-0.05, 0) is 83.0 Å². The van der Waals surface area contributed by atoms with Crippen LogP contribution in [0.3, 0.4) is 0 Å². The molecular weight excluding hydrogens is 500 g/mol. The largest absolute Gasteiger partial charge is 0.493 e. The topological polar surface area (TPSA) is 59.9 Å². The lowest BCUT2D eigenvalue weighted by Gasteiger charge is -2.14. The summed E-state index contributed by atoms with van der Waals surface area (Å²) in [5, 5.41) is 3.38. The Balaban J connectivity index is 1.53. The minimum absolute atomic E-state index is 0.180. The summed E-state index contributed by atoms with van der Waals surface area (Å²) in [6, 6.07) is 19.8. The zero-order valence-electron chi connectivity index (χ0n) is 18.5. The van der Waals surface area contributed by atoms with E-state index < -0.39 is 0 Å². The molecule has 7 heteroatoms. The Labute approximate surface area is 206 Å². The summed E-state index contributed by atoms with van der Waals surface area (Å²) < 4.78 is 12.4. The molecule has 3 aromatic rings. The second-order valence-electron chi connectivity index (χ2n) is 7.63. The maximum Gasteiger partial charge on any atom is 0.264 e. The number of methoxy groups -OCH3 is 1. The number of thioether (sulfide) groups is 1. The summed E-state index contributed by atoms with van der Waals surface area (Å²) in [4.78, 5) is 17.6. The van der Waals surface area contributed by atoms with Crippen LogP contribution in [0.5, 0.6) is 11.5 Å². The fraction of sp³-hybridized carbons (Fsp3) is 0.154. The normalized spacial score (nSPS) is 15.7. The van der Waals surface area contributed by atoms with Crippen LogP contribution in [0.2, 0.25) is 0 Å². The first-order valence-corrected chi connectivity index (χ1v) is 11.9. The predicted octanol–water partition coefficient (Wildman–Crippen LogP) is 6.55. The van der Waals surface area contributed by atoms with Crippen molar-refractivity contribution in [1.82, 2.24) is 5.32 Å². The Bertz CT molecular complexity index is 1250. The third-order valence-corrected chi connectivity index (χ3v) is 6.43. The van der Waals surface area contributed by atoms with Gasteiger partial charge in [0, 0.05) is 0 Å². The second kappa shape index (κ2) is 10.3. The maximum absolute atomic E-state index is 12.5. The molecule has 4 rings (SSSR count). The van der Waals surface area contributed by atoms with Gasteiger partial charge in [-0.1, -0.05) is 47.5 Å². The fourth-order valence-corrected chi connectivity index (χ4v) is 4.71. The summed E-state index contributed by atoms with van der Waals surface area (Å²) in [7, 11) is 1.60. The van der Waals surface area contributed by atoms with Crippen LogP contribution in [-0.2, 0) is 11.4 Å². The Kier molecular flexibility index (Phi) is 7.20. The van der Waals surface area contributed by atoms with Crippen molar-refractivity contribution in [2.24, 2.45) is 4.99 Å². The molecular formula is C26H23BrN2O3S. The van der Waals surface area contributed by atoms with Crippen LogP contribution >= 0.6 is 27.7 Å². The van der Waals surface area contributed by atoms with Gasteiger partial charge in [-0.3, -0.25) is 4.79 Å². The number of hydrogen-bond donors (Lipinski definition) is 1. The molecule has 1 aliphatic rings. The quantitative estimate of drug-likeness (QED) is 0.373. The van der Waals surface area contributed by atoms with Crippen LogP contribution < -0.4 is 14.8 Å². The molecule has 0 unspecified atom stereocenters. The van der Waals surface area contributed by atoms with Gasteiger partial charge in [0.15, 0.2) is 16.7 Å². The number of amides is 1. The van der Waals surface area contributed by atoms with E-state index in [9.17, 15) is 4.79 Å². The molecule has 5 nitrogen and oxygen atoms in total. The monoisotopic (exact) mass is 522 g/mol. The van der Waals surface area contributed by atoms with Gasteiger partial charge in [0.25, 0.3) is 5.91 Å². The minimum atomic E-state index is -0.180. The zero-order chi connectivity index (χ0) is 23.4. The Morgan fingerprint density at radius 1 is 1.06 bits per heavy atom. The number of halogens is 1. The average Bonchev–Trinajstić information content (AvgIpc) is 3.12. The summed E-state index contributed by atoms with van der Waals surface area (Å²) in [6.07, 6.45) is 1.81. The van der Waals surface area contributed by atoms with E-state index in [1.54, 1.807) is 7.11 Å². The highest BCUT2D eigenvalue weighted by atomic mass is 79.9. The number of nitrogens with one attached hydrogen (secondary N) is 1. The predicted molar refractivity (Wildman–Crippen MR) is 138 cm³/mol. The van der Waals surface area contributed by atoms with Crippen molar-refractivity contribution in [3.63, 3.8) is 0 Å². The molecule has 1 saturated heterocycles. The van der Waals surface area contributed by atoms with Gasteiger partial charge >= 0.3 is 0 Å². The Morgan fingerprint density at radius 2 is 1.85 bits per heavy atom. The SMILES string of the molecule is COc1cc(/C=C2/SC(=Nc3ccc(C)cc3)NC2=O)cc(Br)c1OCc1cccc(C)c1. The Hall–Kier alpha value is -3.03. The van der Waals surface area contributed by atoms with Crippen LogP contribution in [0.1, 0.15) is 22.3 Å². The molecule has 0 aliphatic carbocycles. The number of hydrogen-bond acceptors (Lipinski definition) is 5. The van der Waals surface area contributed by atoms with Crippen LogP contribution in [0.25, 0.3) is 6.08 Å². The highest BCUT2D eigenvalue weighted by Crippen LogP contribution is 2.39. The lowest BCUT2D eigenvalue weighted by molar-refractivity contribution is -0.115. The summed E-state index contributed by atoms with van der Waals surface area (Å²) in [6.45, 7) is 4.50. The summed E-state index contributed by atoms with van der Waals surface area (Å²) >= 11 is 4.90. The standard InChI is InChI=1S/C26H23BrN2O3S/c1-16-7-9-20(10-8-16)28-26-29-25(30)23(33-26)14-19-12-21(27)24(22(13-19)31-3)32-15-18-6-4-5-17(2)11-18/h4-14H,15H2,1-3H3,(H,28,29,30)/b23-14+. The van der Waals surface area contributed by atoms with Crippen molar-refractivity contribution >= 4 is 50.5 Å². The van der Waals surface area contributed by atoms with Crippen molar-refractivity contribution < 1.29 is 14.3 Å². The molecule has 33 heavy (non-hydrogen) atoms. The first-order valence-electron chi connectivity index (χ1n) is 10.3. The lowest BCUT2D eigenvalue weighted by Crippen LogP contribution is -2.19. The van der Waals surface area contributed by atoms with Crippen LogP contribution in [0.4, 0.5) is 5.69 Å². The zero-order valence-corrected chi connectivity index (χ0v) is 20.9. The van der Waals surface area contributed by atoms with E-state index in [0.29, 0.717) is 28.2 Å². The molecule has 0 saturated carbocycles.